The summed E-state index contributed by atoms with van der Waals surface area (Å²) in [5, 5.41) is 7.48. The molecule has 0 unspecified atom stereocenters. The lowest BCUT2D eigenvalue weighted by Crippen LogP contribution is -2.27. The zero-order valence-corrected chi connectivity index (χ0v) is 11.8. The van der Waals surface area contributed by atoms with Crippen LogP contribution in [-0.2, 0) is 6.54 Å². The summed E-state index contributed by atoms with van der Waals surface area (Å²) in [6, 6.07) is 8.77. The van der Waals surface area contributed by atoms with Crippen molar-refractivity contribution >= 4 is 44.7 Å². The standard InChI is InChI=1S/C12H12BrN3OS/c13-10-4-5-18-11(10)7-15-12(17)16-9-3-1-2-8(14)6-9/h1-6H,7,14H2,(H2,15,16,17). The number of anilines is 2. The van der Waals surface area contributed by atoms with Gasteiger partial charge in [-0.3, -0.25) is 0 Å². The number of carbonyl (C=O) groups excluding carboxylic acids is 1. The van der Waals surface area contributed by atoms with Crippen LogP contribution in [0.1, 0.15) is 4.88 Å². The molecule has 0 fully saturated rings. The van der Waals surface area contributed by atoms with Crippen molar-refractivity contribution in [2.24, 2.45) is 0 Å². The van der Waals surface area contributed by atoms with Gasteiger partial charge >= 0.3 is 6.03 Å². The summed E-state index contributed by atoms with van der Waals surface area (Å²) in [6.07, 6.45) is 0. The average Bonchev–Trinajstić information content (AvgIpc) is 2.72. The van der Waals surface area contributed by atoms with E-state index in [-0.39, 0.29) is 6.03 Å². The van der Waals surface area contributed by atoms with Crippen LogP contribution in [0, 0.1) is 0 Å². The monoisotopic (exact) mass is 325 g/mol. The molecule has 0 saturated heterocycles. The zero-order chi connectivity index (χ0) is 13.0. The minimum Gasteiger partial charge on any atom is -0.399 e. The van der Waals surface area contributed by atoms with E-state index < -0.39 is 0 Å². The second-order valence-electron chi connectivity index (χ2n) is 3.62. The highest BCUT2D eigenvalue weighted by molar-refractivity contribution is 9.10. The molecular weight excluding hydrogens is 314 g/mol. The fraction of sp³-hybridized carbons (Fsp3) is 0.0833. The number of rotatable bonds is 3. The van der Waals surface area contributed by atoms with Crippen LogP contribution in [0.5, 0.6) is 0 Å². The number of thiophene rings is 1. The van der Waals surface area contributed by atoms with Crippen molar-refractivity contribution < 1.29 is 4.79 Å². The van der Waals surface area contributed by atoms with E-state index in [4.69, 9.17) is 5.73 Å². The summed E-state index contributed by atoms with van der Waals surface area (Å²) in [6.45, 7) is 0.492. The number of halogens is 1. The van der Waals surface area contributed by atoms with Crippen molar-refractivity contribution in [3.63, 3.8) is 0 Å². The molecule has 1 aromatic carbocycles. The van der Waals surface area contributed by atoms with Gasteiger partial charge in [-0.15, -0.1) is 11.3 Å². The van der Waals surface area contributed by atoms with Crippen LogP contribution in [-0.4, -0.2) is 6.03 Å². The molecule has 94 valence electrons. The van der Waals surface area contributed by atoms with Crippen molar-refractivity contribution in [1.82, 2.24) is 5.32 Å². The maximum Gasteiger partial charge on any atom is 0.319 e. The van der Waals surface area contributed by atoms with Gasteiger partial charge in [0.1, 0.15) is 0 Å². The lowest BCUT2D eigenvalue weighted by molar-refractivity contribution is 0.252. The summed E-state index contributed by atoms with van der Waals surface area (Å²) in [4.78, 5) is 12.7. The highest BCUT2D eigenvalue weighted by atomic mass is 79.9. The van der Waals surface area contributed by atoms with Crippen LogP contribution in [0.4, 0.5) is 16.2 Å². The Kier molecular flexibility index (Phi) is 4.22. The molecule has 0 aliphatic heterocycles. The predicted molar refractivity (Wildman–Crippen MR) is 78.7 cm³/mol. The molecular formula is C12H12BrN3OS. The lowest BCUT2D eigenvalue weighted by Gasteiger charge is -2.07. The van der Waals surface area contributed by atoms with Crippen molar-refractivity contribution in [2.45, 2.75) is 6.54 Å². The third-order valence-corrected chi connectivity index (χ3v) is 4.17. The molecule has 2 amide bonds. The van der Waals surface area contributed by atoms with E-state index in [1.165, 1.54) is 0 Å². The summed E-state index contributed by atoms with van der Waals surface area (Å²) >= 11 is 5.01. The Balaban J connectivity index is 1.88. The molecule has 0 radical (unpaired) electrons. The number of carbonyl (C=O) groups is 1. The summed E-state index contributed by atoms with van der Waals surface area (Å²) < 4.78 is 1.01. The first kappa shape index (κ1) is 12.9. The first-order chi connectivity index (χ1) is 8.65. The topological polar surface area (TPSA) is 67.1 Å². The molecule has 1 aromatic heterocycles. The second kappa shape index (κ2) is 5.88. The molecule has 4 N–H and O–H groups in total. The van der Waals surface area contributed by atoms with E-state index in [0.717, 1.165) is 9.35 Å². The van der Waals surface area contributed by atoms with Crippen molar-refractivity contribution in [3.05, 3.63) is 45.1 Å². The van der Waals surface area contributed by atoms with E-state index in [9.17, 15) is 4.79 Å². The van der Waals surface area contributed by atoms with E-state index in [2.05, 4.69) is 26.6 Å². The van der Waals surface area contributed by atoms with Gasteiger partial charge in [-0.2, -0.15) is 0 Å². The Labute approximate surface area is 117 Å². The zero-order valence-electron chi connectivity index (χ0n) is 9.44. The van der Waals surface area contributed by atoms with Crippen LogP contribution in [0.2, 0.25) is 0 Å². The number of hydrogen-bond donors (Lipinski definition) is 3. The van der Waals surface area contributed by atoms with Crippen LogP contribution in [0.3, 0.4) is 0 Å². The minimum absolute atomic E-state index is 0.249. The SMILES string of the molecule is Nc1cccc(NC(=O)NCc2sccc2Br)c1. The van der Waals surface area contributed by atoms with Gasteiger partial charge in [0.15, 0.2) is 0 Å². The number of nitrogens with one attached hydrogen (secondary N) is 2. The average molecular weight is 326 g/mol. The first-order valence-corrected chi connectivity index (χ1v) is 6.94. The number of nitrogens with two attached hydrogens (primary N) is 1. The number of amides is 2. The van der Waals surface area contributed by atoms with Gasteiger partial charge in [0.25, 0.3) is 0 Å². The normalized spacial score (nSPS) is 10.1. The smallest absolute Gasteiger partial charge is 0.319 e. The molecule has 6 heteroatoms. The Morgan fingerprint density at radius 3 is 2.89 bits per heavy atom. The molecule has 0 bridgehead atoms. The summed E-state index contributed by atoms with van der Waals surface area (Å²) in [5.41, 5.74) is 6.93. The maximum atomic E-state index is 11.7. The minimum atomic E-state index is -0.249. The molecule has 1 heterocycles. The number of benzene rings is 1. The Hall–Kier alpha value is -1.53. The quantitative estimate of drug-likeness (QED) is 0.757. The maximum absolute atomic E-state index is 11.7. The number of urea groups is 1. The van der Waals surface area contributed by atoms with Crippen LogP contribution < -0.4 is 16.4 Å². The highest BCUT2D eigenvalue weighted by Crippen LogP contribution is 2.22. The van der Waals surface area contributed by atoms with Gasteiger partial charge in [-0.25, -0.2) is 4.79 Å². The molecule has 0 aliphatic carbocycles. The van der Waals surface area contributed by atoms with Crippen molar-refractivity contribution in [3.8, 4) is 0 Å². The van der Waals surface area contributed by atoms with Gasteiger partial charge in [0, 0.05) is 20.7 Å². The van der Waals surface area contributed by atoms with Crippen LogP contribution in [0.15, 0.2) is 40.2 Å². The van der Waals surface area contributed by atoms with E-state index in [1.807, 2.05) is 11.4 Å². The molecule has 0 atom stereocenters. The summed E-state index contributed by atoms with van der Waals surface area (Å²) in [7, 11) is 0. The molecule has 4 nitrogen and oxygen atoms in total. The van der Waals surface area contributed by atoms with Crippen molar-refractivity contribution in [1.29, 1.82) is 0 Å². The molecule has 0 spiro atoms. The molecule has 2 aromatic rings. The van der Waals surface area contributed by atoms with Crippen LogP contribution in [0.25, 0.3) is 0 Å². The van der Waals surface area contributed by atoms with E-state index in [1.54, 1.807) is 35.6 Å². The number of nitrogen functional groups attached to an aromatic ring is 1. The fourth-order valence-electron chi connectivity index (χ4n) is 1.40. The highest BCUT2D eigenvalue weighted by Gasteiger charge is 2.05. The van der Waals surface area contributed by atoms with E-state index >= 15 is 0 Å². The fourth-order valence-corrected chi connectivity index (χ4v) is 2.84. The first-order valence-electron chi connectivity index (χ1n) is 5.27. The number of hydrogen-bond acceptors (Lipinski definition) is 3. The Morgan fingerprint density at radius 2 is 2.22 bits per heavy atom. The Morgan fingerprint density at radius 1 is 1.39 bits per heavy atom. The van der Waals surface area contributed by atoms with Gasteiger partial charge in [0.2, 0.25) is 0 Å². The van der Waals surface area contributed by atoms with Gasteiger partial charge in [-0.05, 0) is 45.6 Å². The summed E-state index contributed by atoms with van der Waals surface area (Å²) in [5.74, 6) is 0. The largest absolute Gasteiger partial charge is 0.399 e. The van der Waals surface area contributed by atoms with E-state index in [0.29, 0.717) is 17.9 Å². The molecule has 18 heavy (non-hydrogen) atoms. The second-order valence-corrected chi connectivity index (χ2v) is 5.48. The van der Waals surface area contributed by atoms with Gasteiger partial charge < -0.3 is 16.4 Å². The third kappa shape index (κ3) is 3.48. The van der Waals surface area contributed by atoms with Gasteiger partial charge in [-0.1, -0.05) is 6.07 Å². The van der Waals surface area contributed by atoms with Crippen LogP contribution >= 0.6 is 27.3 Å². The molecule has 2 rings (SSSR count). The third-order valence-electron chi connectivity index (χ3n) is 2.25. The van der Waals surface area contributed by atoms with Crippen molar-refractivity contribution in [2.75, 3.05) is 11.1 Å². The molecule has 0 aliphatic rings. The predicted octanol–water partition coefficient (Wildman–Crippen LogP) is 3.41. The Bertz CT molecular complexity index is 556. The van der Waals surface area contributed by atoms with Gasteiger partial charge in [0.05, 0.1) is 6.54 Å². The lowest BCUT2D eigenvalue weighted by atomic mass is 10.3. The molecule has 0 saturated carbocycles.